The zero-order valence-corrected chi connectivity index (χ0v) is 11.7. The number of para-hydroxylation sites is 1. The van der Waals surface area contributed by atoms with Gasteiger partial charge in [0.15, 0.2) is 0 Å². The van der Waals surface area contributed by atoms with E-state index in [1.54, 1.807) is 12.1 Å². The molecule has 3 aromatic carbocycles. The average molecular weight is 284 g/mol. The molecule has 100 valence electrons. The first-order valence-corrected chi connectivity index (χ1v) is 7.34. The van der Waals surface area contributed by atoms with Gasteiger partial charge in [-0.3, -0.25) is 0 Å². The maximum Gasteiger partial charge on any atom is 0.546 e. The van der Waals surface area contributed by atoms with Crippen LogP contribution >= 0.6 is 8.03 Å². The summed E-state index contributed by atoms with van der Waals surface area (Å²) < 4.78 is 11.0. The Kier molecular flexibility index (Phi) is 4.83. The Balaban J connectivity index is 0.000000178. The molecule has 0 spiro atoms. The summed E-state index contributed by atoms with van der Waals surface area (Å²) in [5.74, 6) is 0. The topological polar surface area (TPSA) is 63.3 Å². The zero-order chi connectivity index (χ0) is 14.4. The zero-order valence-electron chi connectivity index (χ0n) is 10.8. The van der Waals surface area contributed by atoms with Gasteiger partial charge in [0.2, 0.25) is 5.30 Å². The van der Waals surface area contributed by atoms with Crippen LogP contribution in [-0.4, -0.2) is 4.89 Å². The van der Waals surface area contributed by atoms with Crippen LogP contribution in [0.5, 0.6) is 0 Å². The van der Waals surface area contributed by atoms with Crippen molar-refractivity contribution < 1.29 is 9.46 Å². The van der Waals surface area contributed by atoms with Gasteiger partial charge in [-0.1, -0.05) is 48.5 Å². The number of rotatable bonds is 1. The fourth-order valence-corrected chi connectivity index (χ4v) is 2.45. The molecular weight excluding hydrogens is 269 g/mol. The third kappa shape index (κ3) is 3.64. The number of hydrogen-bond acceptors (Lipinski definition) is 2. The molecule has 0 aliphatic carbocycles. The lowest BCUT2D eigenvalue weighted by atomic mass is 10.1. The largest absolute Gasteiger partial charge is 0.546 e. The second-order valence-corrected chi connectivity index (χ2v) is 5.21. The van der Waals surface area contributed by atoms with Gasteiger partial charge in [-0.2, -0.15) is 4.89 Å². The van der Waals surface area contributed by atoms with E-state index >= 15 is 0 Å². The van der Waals surface area contributed by atoms with Crippen LogP contribution in [0.4, 0.5) is 5.69 Å². The van der Waals surface area contributed by atoms with Gasteiger partial charge in [0.1, 0.15) is 0 Å². The summed E-state index contributed by atoms with van der Waals surface area (Å²) >= 11 is 0. The smallest absolute Gasteiger partial charge is 0.399 e. The molecule has 0 aliphatic heterocycles. The van der Waals surface area contributed by atoms with Gasteiger partial charge >= 0.3 is 8.03 Å². The summed E-state index contributed by atoms with van der Waals surface area (Å²) in [6.45, 7) is 0. The van der Waals surface area contributed by atoms with Crippen molar-refractivity contribution in [2.45, 2.75) is 0 Å². The third-order valence-corrected chi connectivity index (χ3v) is 3.57. The van der Waals surface area contributed by atoms with Crippen molar-refractivity contribution in [2.75, 3.05) is 5.73 Å². The fraction of sp³-hybridized carbons (Fsp3) is 0. The quantitative estimate of drug-likeness (QED) is 0.531. The number of fused-ring (bicyclic) bond motifs is 1. The van der Waals surface area contributed by atoms with Crippen molar-refractivity contribution >= 4 is 29.8 Å². The number of hydrogen-bond donors (Lipinski definition) is 2. The molecular formula is C16H15NO2P+. The van der Waals surface area contributed by atoms with E-state index in [0.717, 1.165) is 16.5 Å². The maximum absolute atomic E-state index is 11.0. The number of anilines is 1. The van der Waals surface area contributed by atoms with Crippen LogP contribution in [0.1, 0.15) is 0 Å². The normalized spacial score (nSPS) is 10.6. The van der Waals surface area contributed by atoms with Crippen LogP contribution in [0.25, 0.3) is 10.8 Å². The number of nitrogens with two attached hydrogens (primary N) is 1. The van der Waals surface area contributed by atoms with Gasteiger partial charge in [0.25, 0.3) is 0 Å². The van der Waals surface area contributed by atoms with E-state index in [0.29, 0.717) is 5.30 Å². The first-order chi connectivity index (χ1) is 9.68. The molecule has 0 fully saturated rings. The maximum atomic E-state index is 11.0. The summed E-state index contributed by atoms with van der Waals surface area (Å²) in [6, 6.07) is 22.5. The highest BCUT2D eigenvalue weighted by atomic mass is 31.1. The molecule has 0 aliphatic rings. The Labute approximate surface area is 118 Å². The summed E-state index contributed by atoms with van der Waals surface area (Å²) in [6.07, 6.45) is 0. The first kappa shape index (κ1) is 14.2. The van der Waals surface area contributed by atoms with Crippen molar-refractivity contribution in [3.8, 4) is 0 Å². The summed E-state index contributed by atoms with van der Waals surface area (Å²) in [5.41, 5.74) is 6.18. The van der Waals surface area contributed by atoms with E-state index in [4.69, 9.17) is 10.6 Å². The Bertz CT molecular complexity index is 709. The van der Waals surface area contributed by atoms with Crippen molar-refractivity contribution in [3.63, 3.8) is 0 Å². The van der Waals surface area contributed by atoms with Crippen LogP contribution in [0.2, 0.25) is 0 Å². The van der Waals surface area contributed by atoms with E-state index in [2.05, 4.69) is 0 Å². The molecule has 4 heteroatoms. The van der Waals surface area contributed by atoms with E-state index < -0.39 is 8.03 Å². The standard InChI is InChI=1S/C10H7O2P.C6H7N/c11-13(12)10-7-3-5-8-4-1-2-6-9(8)10;7-6-4-2-1-3-5-6/h1-7H;1-5H,7H2/p+1. The van der Waals surface area contributed by atoms with E-state index in [9.17, 15) is 4.57 Å². The molecule has 0 amide bonds. The van der Waals surface area contributed by atoms with Crippen molar-refractivity contribution in [2.24, 2.45) is 0 Å². The lowest BCUT2D eigenvalue weighted by Gasteiger charge is -1.94. The highest BCUT2D eigenvalue weighted by Crippen LogP contribution is 2.20. The van der Waals surface area contributed by atoms with E-state index in [1.807, 2.05) is 60.7 Å². The molecule has 3 aromatic rings. The molecule has 1 unspecified atom stereocenters. The molecule has 0 radical (unpaired) electrons. The predicted molar refractivity (Wildman–Crippen MR) is 84.3 cm³/mol. The number of nitrogen functional groups attached to an aromatic ring is 1. The summed E-state index contributed by atoms with van der Waals surface area (Å²) in [7, 11) is -2.25. The molecule has 3 rings (SSSR count). The van der Waals surface area contributed by atoms with Gasteiger partial charge in [-0.25, -0.2) is 0 Å². The fourth-order valence-electron chi connectivity index (χ4n) is 1.83. The second-order valence-electron chi connectivity index (χ2n) is 4.18. The second kappa shape index (κ2) is 6.80. The molecule has 20 heavy (non-hydrogen) atoms. The van der Waals surface area contributed by atoms with Crippen molar-refractivity contribution in [3.05, 3.63) is 72.8 Å². The van der Waals surface area contributed by atoms with E-state index in [1.165, 1.54) is 0 Å². The highest BCUT2D eigenvalue weighted by Gasteiger charge is 2.18. The molecule has 0 aromatic heterocycles. The molecule has 0 heterocycles. The summed E-state index contributed by atoms with van der Waals surface area (Å²) in [4.78, 5) is 9.03. The third-order valence-electron chi connectivity index (χ3n) is 2.77. The highest BCUT2D eigenvalue weighted by molar-refractivity contribution is 7.48. The van der Waals surface area contributed by atoms with E-state index in [-0.39, 0.29) is 0 Å². The lowest BCUT2D eigenvalue weighted by Crippen LogP contribution is -1.96. The van der Waals surface area contributed by atoms with Gasteiger partial charge in [0.05, 0.1) is 0 Å². The van der Waals surface area contributed by atoms with Crippen molar-refractivity contribution in [1.82, 2.24) is 0 Å². The SMILES string of the molecule is Nc1ccccc1.O=[P+](O)c1cccc2ccccc12. The minimum absolute atomic E-state index is 0.508. The van der Waals surface area contributed by atoms with Gasteiger partial charge in [-0.15, -0.1) is 0 Å². The Morgan fingerprint density at radius 3 is 2.00 bits per heavy atom. The van der Waals surface area contributed by atoms with Crippen LogP contribution in [0.15, 0.2) is 72.8 Å². The number of benzene rings is 3. The summed E-state index contributed by atoms with van der Waals surface area (Å²) in [5, 5.41) is 2.36. The molecule has 0 saturated carbocycles. The van der Waals surface area contributed by atoms with Gasteiger partial charge < -0.3 is 5.73 Å². The minimum Gasteiger partial charge on any atom is -0.399 e. The van der Waals surface area contributed by atoms with Crippen LogP contribution in [0, 0.1) is 0 Å². The Hall–Kier alpha value is -2.22. The van der Waals surface area contributed by atoms with Crippen LogP contribution in [0.3, 0.4) is 0 Å². The first-order valence-electron chi connectivity index (χ1n) is 6.13. The minimum atomic E-state index is -2.25. The molecule has 3 N–H and O–H groups in total. The van der Waals surface area contributed by atoms with Crippen LogP contribution in [-0.2, 0) is 4.57 Å². The molecule has 3 nitrogen and oxygen atoms in total. The Morgan fingerprint density at radius 2 is 1.40 bits per heavy atom. The van der Waals surface area contributed by atoms with Crippen LogP contribution < -0.4 is 11.0 Å². The molecule has 0 bridgehead atoms. The Morgan fingerprint density at radius 1 is 0.800 bits per heavy atom. The molecule has 0 saturated heterocycles. The predicted octanol–water partition coefficient (Wildman–Crippen LogP) is 3.47. The van der Waals surface area contributed by atoms with Crippen molar-refractivity contribution in [1.29, 1.82) is 0 Å². The van der Waals surface area contributed by atoms with Gasteiger partial charge in [0, 0.05) is 11.1 Å². The van der Waals surface area contributed by atoms with Gasteiger partial charge in [-0.05, 0) is 34.2 Å². The lowest BCUT2D eigenvalue weighted by molar-refractivity contribution is 0.513. The average Bonchev–Trinajstić information content (AvgIpc) is 2.48. The monoisotopic (exact) mass is 284 g/mol. The molecule has 1 atom stereocenters.